The summed E-state index contributed by atoms with van der Waals surface area (Å²) in [6, 6.07) is 16.1. The Balaban J connectivity index is 1.23. The summed E-state index contributed by atoms with van der Waals surface area (Å²) in [5, 5.41) is 3.76. The topological polar surface area (TPSA) is 75.4 Å². The van der Waals surface area contributed by atoms with E-state index in [4.69, 9.17) is 5.73 Å². The number of hydrogen-bond donors (Lipinski definition) is 2. The first-order valence-corrected chi connectivity index (χ1v) is 12.7. The minimum absolute atomic E-state index is 0.358. The van der Waals surface area contributed by atoms with Gasteiger partial charge in [-0.1, -0.05) is 30.3 Å². The van der Waals surface area contributed by atoms with E-state index in [2.05, 4.69) is 17.4 Å². The number of benzene rings is 2. The van der Waals surface area contributed by atoms with E-state index in [-0.39, 0.29) is 0 Å². The average Bonchev–Trinajstić information content (AvgIpc) is 3.42. The second-order valence-corrected chi connectivity index (χ2v) is 11.0. The molecular formula is C24H31N3O2S. The first kappa shape index (κ1) is 20.0. The van der Waals surface area contributed by atoms with Gasteiger partial charge in [-0.05, 0) is 80.3 Å². The molecule has 1 aliphatic heterocycles. The summed E-state index contributed by atoms with van der Waals surface area (Å²) in [6.07, 6.45) is 6.77. The first-order chi connectivity index (χ1) is 14.5. The highest BCUT2D eigenvalue weighted by atomic mass is 32.2. The third kappa shape index (κ3) is 3.88. The largest absolute Gasteiger partial charge is 0.328 e. The Morgan fingerprint density at radius 1 is 1.03 bits per heavy atom. The molecule has 5 rings (SSSR count). The van der Waals surface area contributed by atoms with Gasteiger partial charge in [0.05, 0.1) is 10.6 Å². The lowest BCUT2D eigenvalue weighted by Crippen LogP contribution is -2.32. The Morgan fingerprint density at radius 3 is 2.57 bits per heavy atom. The molecule has 2 fully saturated rings. The lowest BCUT2D eigenvalue weighted by Gasteiger charge is -2.26. The summed E-state index contributed by atoms with van der Waals surface area (Å²) in [5.74, 6) is 1.32. The molecule has 5 nitrogen and oxygen atoms in total. The highest BCUT2D eigenvalue weighted by molar-refractivity contribution is 7.92. The van der Waals surface area contributed by atoms with E-state index in [1.54, 1.807) is 28.6 Å². The second-order valence-electron chi connectivity index (χ2n) is 9.17. The predicted molar refractivity (Wildman–Crippen MR) is 120 cm³/mol. The van der Waals surface area contributed by atoms with Crippen molar-refractivity contribution in [3.8, 4) is 0 Å². The minimum atomic E-state index is -3.49. The molecule has 3 aliphatic rings. The standard InChI is InChI=1S/C24H31N3O2S/c25-20-9-6-17(7-10-20)16-26-23-15-22(23)18-8-11-24-19(14-18)12-13-27(24)30(28,29)21-4-2-1-3-5-21/h1-5,8,11,14,17,20,22-23,26H,6-7,9-10,12-13,15-16,25H2. The van der Waals surface area contributed by atoms with Gasteiger partial charge in [-0.3, -0.25) is 4.31 Å². The maximum absolute atomic E-state index is 13.0. The van der Waals surface area contributed by atoms with E-state index in [1.165, 1.54) is 24.8 Å². The number of nitrogens with two attached hydrogens (primary N) is 1. The van der Waals surface area contributed by atoms with Crippen LogP contribution in [0.3, 0.4) is 0 Å². The summed E-state index contributed by atoms with van der Waals surface area (Å²) in [4.78, 5) is 0.358. The van der Waals surface area contributed by atoms with Crippen LogP contribution in [0.5, 0.6) is 0 Å². The van der Waals surface area contributed by atoms with Crippen molar-refractivity contribution in [1.29, 1.82) is 0 Å². The van der Waals surface area contributed by atoms with Gasteiger partial charge in [0.1, 0.15) is 0 Å². The molecule has 0 amide bonds. The molecule has 2 atom stereocenters. The van der Waals surface area contributed by atoms with Gasteiger partial charge in [-0.15, -0.1) is 0 Å². The monoisotopic (exact) mass is 425 g/mol. The van der Waals surface area contributed by atoms with Gasteiger partial charge in [0.15, 0.2) is 0 Å². The molecule has 0 bridgehead atoms. The molecule has 0 radical (unpaired) electrons. The SMILES string of the molecule is NC1CCC(CNC2CC2c2ccc3c(c2)CCN3S(=O)(=O)c2ccccc2)CC1. The Kier molecular flexibility index (Phi) is 5.33. The van der Waals surface area contributed by atoms with Gasteiger partial charge in [0, 0.05) is 24.5 Å². The summed E-state index contributed by atoms with van der Waals surface area (Å²) in [5.41, 5.74) is 9.35. The third-order valence-electron chi connectivity index (χ3n) is 7.07. The zero-order valence-electron chi connectivity index (χ0n) is 17.3. The van der Waals surface area contributed by atoms with Crippen LogP contribution in [0.25, 0.3) is 0 Å². The van der Waals surface area contributed by atoms with E-state index in [0.717, 1.165) is 43.0 Å². The van der Waals surface area contributed by atoms with Gasteiger partial charge in [-0.25, -0.2) is 8.42 Å². The fourth-order valence-corrected chi connectivity index (χ4v) is 6.62. The van der Waals surface area contributed by atoms with E-state index in [1.807, 2.05) is 12.1 Å². The number of anilines is 1. The number of sulfonamides is 1. The zero-order chi connectivity index (χ0) is 20.7. The maximum atomic E-state index is 13.0. The molecule has 2 unspecified atom stereocenters. The van der Waals surface area contributed by atoms with Crippen molar-refractivity contribution in [3.05, 3.63) is 59.7 Å². The third-order valence-corrected chi connectivity index (χ3v) is 8.89. The molecule has 2 aromatic carbocycles. The molecule has 3 N–H and O–H groups in total. The van der Waals surface area contributed by atoms with Crippen molar-refractivity contribution in [2.75, 3.05) is 17.4 Å². The van der Waals surface area contributed by atoms with Crippen LogP contribution >= 0.6 is 0 Å². The lowest BCUT2D eigenvalue weighted by molar-refractivity contribution is 0.313. The van der Waals surface area contributed by atoms with Crippen LogP contribution in [-0.4, -0.2) is 33.6 Å². The molecule has 160 valence electrons. The minimum Gasteiger partial charge on any atom is -0.328 e. The second kappa shape index (κ2) is 7.98. The molecule has 1 heterocycles. The van der Waals surface area contributed by atoms with Gasteiger partial charge in [0.25, 0.3) is 10.0 Å². The van der Waals surface area contributed by atoms with Crippen molar-refractivity contribution in [2.45, 2.75) is 61.4 Å². The van der Waals surface area contributed by atoms with Crippen LogP contribution in [0.1, 0.15) is 49.1 Å². The summed E-state index contributed by atoms with van der Waals surface area (Å²) in [6.45, 7) is 1.62. The van der Waals surface area contributed by atoms with Crippen molar-refractivity contribution in [2.24, 2.45) is 11.7 Å². The highest BCUT2D eigenvalue weighted by Gasteiger charge is 2.39. The van der Waals surface area contributed by atoms with Gasteiger partial charge >= 0.3 is 0 Å². The summed E-state index contributed by atoms with van der Waals surface area (Å²) < 4.78 is 27.7. The number of nitrogens with one attached hydrogen (secondary N) is 1. The van der Waals surface area contributed by atoms with Crippen LogP contribution in [-0.2, 0) is 16.4 Å². The molecule has 2 aliphatic carbocycles. The van der Waals surface area contributed by atoms with Crippen LogP contribution < -0.4 is 15.4 Å². The van der Waals surface area contributed by atoms with Crippen LogP contribution in [0, 0.1) is 5.92 Å². The van der Waals surface area contributed by atoms with E-state index < -0.39 is 10.0 Å². The molecule has 6 heteroatoms. The quantitative estimate of drug-likeness (QED) is 0.744. The van der Waals surface area contributed by atoms with E-state index in [0.29, 0.717) is 29.4 Å². The molecule has 2 aromatic rings. The van der Waals surface area contributed by atoms with Gasteiger partial charge < -0.3 is 11.1 Å². The van der Waals surface area contributed by atoms with Gasteiger partial charge in [-0.2, -0.15) is 0 Å². The number of fused-ring (bicyclic) bond motifs is 1. The zero-order valence-corrected chi connectivity index (χ0v) is 18.2. The van der Waals surface area contributed by atoms with Crippen molar-refractivity contribution < 1.29 is 8.42 Å². The summed E-state index contributed by atoms with van der Waals surface area (Å²) >= 11 is 0. The molecule has 30 heavy (non-hydrogen) atoms. The number of nitrogens with zero attached hydrogens (tertiary/aromatic N) is 1. The molecule has 0 saturated heterocycles. The van der Waals surface area contributed by atoms with Crippen molar-refractivity contribution >= 4 is 15.7 Å². The lowest BCUT2D eigenvalue weighted by atomic mass is 9.86. The van der Waals surface area contributed by atoms with Crippen LogP contribution in [0.4, 0.5) is 5.69 Å². The van der Waals surface area contributed by atoms with Gasteiger partial charge in [0.2, 0.25) is 0 Å². The smallest absolute Gasteiger partial charge is 0.264 e. The fourth-order valence-electron chi connectivity index (χ4n) is 5.09. The number of rotatable bonds is 6. The van der Waals surface area contributed by atoms with Crippen LogP contribution in [0.2, 0.25) is 0 Å². The molecule has 0 aromatic heterocycles. The van der Waals surface area contributed by atoms with Crippen molar-refractivity contribution in [3.63, 3.8) is 0 Å². The first-order valence-electron chi connectivity index (χ1n) is 11.2. The Hall–Kier alpha value is -1.89. The predicted octanol–water partition coefficient (Wildman–Crippen LogP) is 3.40. The molecule has 0 spiro atoms. The van der Waals surface area contributed by atoms with Crippen LogP contribution in [0.15, 0.2) is 53.4 Å². The fraction of sp³-hybridized carbons (Fsp3) is 0.500. The Morgan fingerprint density at radius 2 is 1.80 bits per heavy atom. The normalized spacial score (nSPS) is 28.4. The van der Waals surface area contributed by atoms with Crippen molar-refractivity contribution in [1.82, 2.24) is 5.32 Å². The maximum Gasteiger partial charge on any atom is 0.264 e. The Bertz CT molecular complexity index is 1000. The highest BCUT2D eigenvalue weighted by Crippen LogP contribution is 2.44. The van der Waals surface area contributed by atoms with E-state index in [9.17, 15) is 8.42 Å². The van der Waals surface area contributed by atoms with E-state index >= 15 is 0 Å². The Labute approximate surface area is 179 Å². The summed E-state index contributed by atoms with van der Waals surface area (Å²) in [7, 11) is -3.49. The molecule has 2 saturated carbocycles. The number of hydrogen-bond acceptors (Lipinski definition) is 4. The molecular weight excluding hydrogens is 394 g/mol. The average molecular weight is 426 g/mol.